The molecule has 4 rings (SSSR count). The van der Waals surface area contributed by atoms with Gasteiger partial charge in [-0.3, -0.25) is 4.79 Å². The van der Waals surface area contributed by atoms with Crippen LogP contribution in [0.5, 0.6) is 0 Å². The van der Waals surface area contributed by atoms with E-state index in [2.05, 4.69) is 15.5 Å². The minimum atomic E-state index is -0.780. The number of nitrogens with one attached hydrogen (secondary N) is 1. The molecule has 1 aliphatic heterocycles. The number of anilines is 2. The Bertz CT molecular complexity index is 1010. The second-order valence-electron chi connectivity index (χ2n) is 6.39. The van der Waals surface area contributed by atoms with Crippen LogP contribution >= 0.6 is 11.3 Å². The number of aromatic nitrogens is 2. The van der Waals surface area contributed by atoms with E-state index in [4.69, 9.17) is 0 Å². The van der Waals surface area contributed by atoms with Gasteiger partial charge in [0.1, 0.15) is 28.1 Å². The van der Waals surface area contributed by atoms with Crippen molar-refractivity contribution in [1.82, 2.24) is 10.2 Å². The van der Waals surface area contributed by atoms with Crippen LogP contribution in [0.25, 0.3) is 0 Å². The maximum absolute atomic E-state index is 14.0. The lowest BCUT2D eigenvalue weighted by molar-refractivity contribution is -0.117. The lowest BCUT2D eigenvalue weighted by atomic mass is 10.1. The van der Waals surface area contributed by atoms with Crippen LogP contribution in [0, 0.1) is 17.5 Å². The van der Waals surface area contributed by atoms with Crippen LogP contribution in [0.15, 0.2) is 42.5 Å². The molecule has 2 aromatic carbocycles. The van der Waals surface area contributed by atoms with E-state index in [9.17, 15) is 18.0 Å². The molecule has 3 aromatic rings. The summed E-state index contributed by atoms with van der Waals surface area (Å²) in [5.41, 5.74) is 0.178. The molecule has 5 nitrogen and oxygen atoms in total. The van der Waals surface area contributed by atoms with Gasteiger partial charge in [-0.2, -0.15) is 0 Å². The SMILES string of the molecule is O=C1CC(Nc2nnc(Cc3ccccc3F)s2)CN1c1c(F)cccc1F. The highest BCUT2D eigenvalue weighted by Crippen LogP contribution is 2.29. The second kappa shape index (κ2) is 7.59. The molecule has 144 valence electrons. The zero-order valence-corrected chi connectivity index (χ0v) is 15.3. The van der Waals surface area contributed by atoms with Gasteiger partial charge in [0, 0.05) is 19.4 Å². The van der Waals surface area contributed by atoms with Crippen LogP contribution in [0.2, 0.25) is 0 Å². The van der Waals surface area contributed by atoms with Crippen molar-refractivity contribution >= 4 is 28.1 Å². The summed E-state index contributed by atoms with van der Waals surface area (Å²) < 4.78 is 41.7. The van der Waals surface area contributed by atoms with Crippen LogP contribution < -0.4 is 10.2 Å². The van der Waals surface area contributed by atoms with Crippen LogP contribution in [0.3, 0.4) is 0 Å². The first-order valence-corrected chi connectivity index (χ1v) is 9.39. The van der Waals surface area contributed by atoms with Crippen molar-refractivity contribution in [3.8, 4) is 0 Å². The fraction of sp³-hybridized carbons (Fsp3) is 0.211. The Morgan fingerprint density at radius 1 is 1.04 bits per heavy atom. The molecule has 2 heterocycles. The van der Waals surface area contributed by atoms with Crippen molar-refractivity contribution in [2.75, 3.05) is 16.8 Å². The van der Waals surface area contributed by atoms with Gasteiger partial charge in [0.25, 0.3) is 0 Å². The van der Waals surface area contributed by atoms with Crippen LogP contribution in [0.4, 0.5) is 24.0 Å². The normalized spacial score (nSPS) is 16.6. The molecule has 0 saturated carbocycles. The predicted octanol–water partition coefficient (Wildman–Crippen LogP) is 3.76. The van der Waals surface area contributed by atoms with E-state index in [0.29, 0.717) is 22.1 Å². The average molecular weight is 404 g/mol. The van der Waals surface area contributed by atoms with Crippen LogP contribution in [0.1, 0.15) is 17.0 Å². The molecule has 1 aliphatic rings. The fourth-order valence-electron chi connectivity index (χ4n) is 3.13. The van der Waals surface area contributed by atoms with E-state index in [1.165, 1.54) is 23.5 Å². The number of carbonyl (C=O) groups is 1. The smallest absolute Gasteiger partial charge is 0.229 e. The Labute approximate surface area is 162 Å². The molecular formula is C19H15F3N4OS. The number of hydrogen-bond donors (Lipinski definition) is 1. The number of rotatable bonds is 5. The number of amides is 1. The third-order valence-corrected chi connectivity index (χ3v) is 5.28. The number of nitrogens with zero attached hydrogens (tertiary/aromatic N) is 3. The van der Waals surface area contributed by atoms with E-state index in [0.717, 1.165) is 17.0 Å². The molecular weight excluding hydrogens is 389 g/mol. The zero-order valence-electron chi connectivity index (χ0n) is 14.5. The van der Waals surface area contributed by atoms with Gasteiger partial charge in [-0.15, -0.1) is 10.2 Å². The zero-order chi connectivity index (χ0) is 19.7. The lowest BCUT2D eigenvalue weighted by Gasteiger charge is -2.18. The highest BCUT2D eigenvalue weighted by atomic mass is 32.1. The van der Waals surface area contributed by atoms with E-state index in [1.807, 2.05) is 0 Å². The Balaban J connectivity index is 1.44. The minimum Gasteiger partial charge on any atom is -0.355 e. The molecule has 1 aromatic heterocycles. The van der Waals surface area contributed by atoms with Crippen LogP contribution in [-0.4, -0.2) is 28.7 Å². The third-order valence-electron chi connectivity index (χ3n) is 4.43. The van der Waals surface area contributed by atoms with Gasteiger partial charge in [-0.05, 0) is 23.8 Å². The molecule has 1 saturated heterocycles. The Kier molecular flexibility index (Phi) is 4.99. The van der Waals surface area contributed by atoms with E-state index in [1.54, 1.807) is 18.2 Å². The molecule has 0 bridgehead atoms. The summed E-state index contributed by atoms with van der Waals surface area (Å²) in [6.45, 7) is 0.110. The van der Waals surface area contributed by atoms with Crippen molar-refractivity contribution in [1.29, 1.82) is 0 Å². The monoisotopic (exact) mass is 404 g/mol. The molecule has 1 unspecified atom stereocenters. The third kappa shape index (κ3) is 3.70. The molecule has 1 amide bonds. The number of halogens is 3. The van der Waals surface area contributed by atoms with Crippen molar-refractivity contribution in [2.45, 2.75) is 18.9 Å². The van der Waals surface area contributed by atoms with Crippen molar-refractivity contribution in [3.63, 3.8) is 0 Å². The number of carbonyl (C=O) groups excluding carboxylic acids is 1. The molecule has 9 heteroatoms. The van der Waals surface area contributed by atoms with Gasteiger partial charge in [-0.25, -0.2) is 13.2 Å². The van der Waals surface area contributed by atoms with Gasteiger partial charge in [0.2, 0.25) is 11.0 Å². The summed E-state index contributed by atoms with van der Waals surface area (Å²) in [5.74, 6) is -2.25. The summed E-state index contributed by atoms with van der Waals surface area (Å²) in [7, 11) is 0. The largest absolute Gasteiger partial charge is 0.355 e. The van der Waals surface area contributed by atoms with E-state index in [-0.39, 0.29) is 36.4 Å². The Morgan fingerprint density at radius 3 is 2.50 bits per heavy atom. The maximum Gasteiger partial charge on any atom is 0.229 e. The molecule has 0 aliphatic carbocycles. The fourth-order valence-corrected chi connectivity index (χ4v) is 3.97. The van der Waals surface area contributed by atoms with Crippen molar-refractivity contribution in [3.05, 3.63) is 70.5 Å². The van der Waals surface area contributed by atoms with Gasteiger partial charge in [0.05, 0.1) is 6.04 Å². The molecule has 28 heavy (non-hydrogen) atoms. The molecule has 1 N–H and O–H groups in total. The molecule has 1 atom stereocenters. The number of benzene rings is 2. The van der Waals surface area contributed by atoms with Crippen molar-refractivity contribution in [2.24, 2.45) is 0 Å². The van der Waals surface area contributed by atoms with Crippen LogP contribution in [-0.2, 0) is 11.2 Å². The standard InChI is InChI=1S/C19H15F3N4OS/c20-13-5-2-1-4-11(13)8-16-24-25-19(28-16)23-12-9-17(27)26(10-12)18-14(21)6-3-7-15(18)22/h1-7,12H,8-10H2,(H,23,25). The lowest BCUT2D eigenvalue weighted by Crippen LogP contribution is -2.29. The number of para-hydroxylation sites is 1. The second-order valence-corrected chi connectivity index (χ2v) is 7.45. The van der Waals surface area contributed by atoms with Gasteiger partial charge in [-0.1, -0.05) is 35.6 Å². The van der Waals surface area contributed by atoms with E-state index < -0.39 is 11.6 Å². The van der Waals surface area contributed by atoms with Gasteiger partial charge in [0.15, 0.2) is 0 Å². The highest BCUT2D eigenvalue weighted by molar-refractivity contribution is 7.15. The highest BCUT2D eigenvalue weighted by Gasteiger charge is 2.34. The first kappa shape index (κ1) is 18.4. The summed E-state index contributed by atoms with van der Waals surface area (Å²) in [5, 5.41) is 12.2. The summed E-state index contributed by atoms with van der Waals surface area (Å²) in [6.07, 6.45) is 0.387. The quantitative estimate of drug-likeness (QED) is 0.704. The summed E-state index contributed by atoms with van der Waals surface area (Å²) >= 11 is 1.25. The molecule has 0 spiro atoms. The first-order chi connectivity index (χ1) is 13.5. The summed E-state index contributed by atoms with van der Waals surface area (Å²) in [6, 6.07) is 9.56. The Morgan fingerprint density at radius 2 is 1.75 bits per heavy atom. The van der Waals surface area contributed by atoms with Gasteiger partial charge < -0.3 is 10.2 Å². The Hall–Kier alpha value is -2.94. The minimum absolute atomic E-state index is 0.0794. The van der Waals surface area contributed by atoms with Gasteiger partial charge >= 0.3 is 0 Å². The first-order valence-electron chi connectivity index (χ1n) is 8.58. The number of hydrogen-bond acceptors (Lipinski definition) is 5. The molecule has 0 radical (unpaired) electrons. The topological polar surface area (TPSA) is 58.1 Å². The maximum atomic E-state index is 14.0. The average Bonchev–Trinajstić information content (AvgIpc) is 3.24. The van der Waals surface area contributed by atoms with Crippen molar-refractivity contribution < 1.29 is 18.0 Å². The summed E-state index contributed by atoms with van der Waals surface area (Å²) in [4.78, 5) is 13.3. The molecule has 1 fully saturated rings. The van der Waals surface area contributed by atoms with E-state index >= 15 is 0 Å². The predicted molar refractivity (Wildman–Crippen MR) is 99.9 cm³/mol.